The van der Waals surface area contributed by atoms with E-state index in [4.69, 9.17) is 9.47 Å². The lowest BCUT2D eigenvalue weighted by atomic mass is 9.74. The van der Waals surface area contributed by atoms with E-state index in [0.717, 1.165) is 44.5 Å². The van der Waals surface area contributed by atoms with Crippen molar-refractivity contribution in [3.63, 3.8) is 0 Å². The molecule has 2 aliphatic rings. The Morgan fingerprint density at radius 2 is 1.02 bits per heavy atom. The summed E-state index contributed by atoms with van der Waals surface area (Å²) >= 11 is 0. The molecular weight excluding hydrogens is 797 g/mol. The summed E-state index contributed by atoms with van der Waals surface area (Å²) in [5.74, 6) is -0.851. The number of fused-ring (bicyclic) bond motifs is 6. The lowest BCUT2D eigenvalue weighted by Gasteiger charge is -2.32. The van der Waals surface area contributed by atoms with E-state index in [1.54, 1.807) is 13.8 Å². The van der Waals surface area contributed by atoms with Crippen LogP contribution in [0.3, 0.4) is 0 Å². The zero-order chi connectivity index (χ0) is 44.9. The molecule has 0 saturated heterocycles. The average molecular weight is 847 g/mol. The summed E-state index contributed by atoms with van der Waals surface area (Å²) in [5.41, 5.74) is 15.1. The fourth-order valence-corrected chi connectivity index (χ4v) is 10.9. The number of benzene rings is 9. The van der Waals surface area contributed by atoms with Gasteiger partial charge in [-0.15, -0.1) is 0 Å². The number of rotatable bonds is 10. The average Bonchev–Trinajstić information content (AvgIpc) is 3.78. The Balaban J connectivity index is 1.09. The Kier molecular flexibility index (Phi) is 9.27. The van der Waals surface area contributed by atoms with Crippen molar-refractivity contribution in [2.75, 3.05) is 13.2 Å². The van der Waals surface area contributed by atoms with Crippen LogP contribution in [0.1, 0.15) is 64.2 Å². The minimum Gasteiger partial charge on any atom is -0.462 e. The van der Waals surface area contributed by atoms with Gasteiger partial charge < -0.3 is 9.47 Å². The summed E-state index contributed by atoms with van der Waals surface area (Å²) in [7, 11) is 0. The van der Waals surface area contributed by atoms with E-state index < -0.39 is 17.4 Å². The number of esters is 2. The summed E-state index contributed by atoms with van der Waals surface area (Å²) in [6, 6.07) is 51.7. The fraction of sp³-hybridized carbons (Fsp3) is 0.180. The number of hydrogen-bond acceptors (Lipinski definition) is 4. The van der Waals surface area contributed by atoms with E-state index >= 15 is 0 Å². The van der Waals surface area contributed by atoms with E-state index in [-0.39, 0.29) is 18.6 Å². The van der Waals surface area contributed by atoms with Crippen molar-refractivity contribution in [2.24, 2.45) is 0 Å². The molecule has 1 atom stereocenters. The van der Waals surface area contributed by atoms with Gasteiger partial charge >= 0.3 is 11.9 Å². The lowest BCUT2D eigenvalue weighted by molar-refractivity contribution is -0.140. The molecule has 1 unspecified atom stereocenters. The number of ether oxygens (including phenoxy) is 2. The third-order valence-electron chi connectivity index (χ3n) is 14.1. The van der Waals surface area contributed by atoms with Gasteiger partial charge in [-0.1, -0.05) is 161 Å². The molecule has 0 aromatic heterocycles. The highest BCUT2D eigenvalue weighted by Gasteiger charge is 2.45. The molecule has 0 heterocycles. The van der Waals surface area contributed by atoms with Crippen molar-refractivity contribution in [1.82, 2.24) is 0 Å². The number of carbonyl (C=O) groups is 2. The van der Waals surface area contributed by atoms with E-state index in [1.807, 2.05) is 0 Å². The van der Waals surface area contributed by atoms with Gasteiger partial charge in [0.05, 0.1) is 12.0 Å². The van der Waals surface area contributed by atoms with Gasteiger partial charge in [-0.3, -0.25) is 0 Å². The summed E-state index contributed by atoms with van der Waals surface area (Å²) < 4.78 is 12.0. The van der Waals surface area contributed by atoms with Gasteiger partial charge in [-0.2, -0.15) is 0 Å². The standard InChI is InChI=1S/C61H50O4/c1-35(2)58(62)64-29-11-28-61(34-65-59(63)36(3)4)53-32-38(43-22-18-37-16-17-40-30-42(60(5,6)7)31-41-21-25-51(43)56(37)55(40)41)19-23-47(53)48-24-20-39(33-54(48)61)44-26-27-52-46-13-9-8-12-45(46)50-15-10-14-49(44)57(50)52/h8-10,12-27,30-33H,1,3,11,28-29,34H2,2,4-7H3. The molecule has 4 nitrogen and oxygen atoms in total. The Morgan fingerprint density at radius 3 is 1.65 bits per heavy atom. The van der Waals surface area contributed by atoms with Crippen molar-refractivity contribution in [2.45, 2.75) is 58.3 Å². The lowest BCUT2D eigenvalue weighted by Crippen LogP contribution is -2.33. The van der Waals surface area contributed by atoms with Gasteiger partial charge in [-0.05, 0) is 160 Å². The molecule has 0 radical (unpaired) electrons. The second-order valence-corrected chi connectivity index (χ2v) is 19.4. The van der Waals surface area contributed by atoms with Crippen molar-refractivity contribution in [3.05, 3.63) is 181 Å². The maximum atomic E-state index is 13.4. The van der Waals surface area contributed by atoms with Crippen LogP contribution in [-0.4, -0.2) is 25.2 Å². The van der Waals surface area contributed by atoms with Crippen molar-refractivity contribution < 1.29 is 19.1 Å². The zero-order valence-corrected chi connectivity index (χ0v) is 37.7. The normalized spacial score (nSPS) is 14.8. The number of carbonyl (C=O) groups excluding carboxylic acids is 2. The monoisotopic (exact) mass is 846 g/mol. The molecule has 4 heteroatoms. The highest BCUT2D eigenvalue weighted by molar-refractivity contribution is 6.26. The van der Waals surface area contributed by atoms with Gasteiger partial charge in [0.25, 0.3) is 0 Å². The Labute approximate surface area is 380 Å². The molecule has 0 amide bonds. The summed E-state index contributed by atoms with van der Waals surface area (Å²) in [5, 5.41) is 9.92. The molecule has 2 aliphatic carbocycles. The van der Waals surface area contributed by atoms with Crippen LogP contribution >= 0.6 is 0 Å². The van der Waals surface area contributed by atoms with E-state index in [9.17, 15) is 9.59 Å². The second kappa shape index (κ2) is 14.9. The first-order valence-electron chi connectivity index (χ1n) is 22.7. The van der Waals surface area contributed by atoms with Gasteiger partial charge in [0.2, 0.25) is 0 Å². The number of hydrogen-bond donors (Lipinski definition) is 0. The molecule has 9 aromatic carbocycles. The largest absolute Gasteiger partial charge is 0.462 e. The van der Waals surface area contributed by atoms with Crippen molar-refractivity contribution in [3.8, 4) is 55.6 Å². The molecule has 0 bridgehead atoms. The van der Waals surface area contributed by atoms with E-state index in [1.165, 1.54) is 70.9 Å². The smallest absolute Gasteiger partial charge is 0.333 e. The maximum absolute atomic E-state index is 13.4. The SMILES string of the molecule is C=C(C)C(=O)OCCCC1(COC(=O)C(=C)C)c2cc(-c3ccc4c5c(cccc35)-c3ccccc3-4)ccc2-c2ccc(-c3ccc4ccc5cc(C(C)(C)C)cc6ccc3c4c56)cc21. The van der Waals surface area contributed by atoms with Gasteiger partial charge in [0.1, 0.15) is 6.61 Å². The highest BCUT2D eigenvalue weighted by atomic mass is 16.5. The molecule has 11 rings (SSSR count). The first kappa shape index (κ1) is 40.5. The molecule has 9 aromatic rings. The van der Waals surface area contributed by atoms with Gasteiger partial charge in [-0.25, -0.2) is 9.59 Å². The van der Waals surface area contributed by atoms with Gasteiger partial charge in [0.15, 0.2) is 0 Å². The molecule has 0 fully saturated rings. The van der Waals surface area contributed by atoms with Crippen molar-refractivity contribution >= 4 is 55.0 Å². The Morgan fingerprint density at radius 1 is 0.508 bits per heavy atom. The topological polar surface area (TPSA) is 52.6 Å². The minimum atomic E-state index is -0.782. The predicted molar refractivity (Wildman–Crippen MR) is 269 cm³/mol. The Bertz CT molecular complexity index is 3480. The fourth-order valence-electron chi connectivity index (χ4n) is 10.9. The van der Waals surface area contributed by atoms with Crippen LogP contribution in [0.25, 0.3) is 98.7 Å². The van der Waals surface area contributed by atoms with Crippen LogP contribution in [0.2, 0.25) is 0 Å². The first-order chi connectivity index (χ1) is 31.3. The molecule has 318 valence electrons. The van der Waals surface area contributed by atoms with Crippen LogP contribution in [0.4, 0.5) is 0 Å². The third-order valence-corrected chi connectivity index (χ3v) is 14.1. The van der Waals surface area contributed by atoms with Crippen LogP contribution in [0.15, 0.2) is 164 Å². The second-order valence-electron chi connectivity index (χ2n) is 19.4. The molecule has 0 saturated carbocycles. The first-order valence-corrected chi connectivity index (χ1v) is 22.7. The summed E-state index contributed by atoms with van der Waals surface area (Å²) in [4.78, 5) is 26.1. The van der Waals surface area contributed by atoms with Crippen LogP contribution in [0, 0.1) is 0 Å². The molecule has 0 spiro atoms. The maximum Gasteiger partial charge on any atom is 0.333 e. The van der Waals surface area contributed by atoms with Crippen LogP contribution < -0.4 is 0 Å². The quantitative estimate of drug-likeness (QED) is 0.0595. The zero-order valence-electron chi connectivity index (χ0n) is 37.7. The predicted octanol–water partition coefficient (Wildman–Crippen LogP) is 15.3. The molecular formula is C61H50O4. The summed E-state index contributed by atoms with van der Waals surface area (Å²) in [6.07, 6.45) is 1.09. The molecule has 0 aliphatic heterocycles. The van der Waals surface area contributed by atoms with E-state index in [0.29, 0.717) is 24.0 Å². The van der Waals surface area contributed by atoms with Crippen molar-refractivity contribution in [1.29, 1.82) is 0 Å². The van der Waals surface area contributed by atoms with E-state index in [2.05, 4.69) is 173 Å². The van der Waals surface area contributed by atoms with Crippen LogP contribution in [0.5, 0.6) is 0 Å². The van der Waals surface area contributed by atoms with Crippen LogP contribution in [-0.2, 0) is 29.9 Å². The molecule has 0 N–H and O–H groups in total. The van der Waals surface area contributed by atoms with Gasteiger partial charge in [0, 0.05) is 11.1 Å². The minimum absolute atomic E-state index is 0.0257. The third kappa shape index (κ3) is 6.33. The highest BCUT2D eigenvalue weighted by Crippen LogP contribution is 2.55. The summed E-state index contributed by atoms with van der Waals surface area (Å²) in [6.45, 7) is 18.2. The molecule has 65 heavy (non-hydrogen) atoms. The Hall–Kier alpha value is -7.30.